The van der Waals surface area contributed by atoms with Gasteiger partial charge in [-0.15, -0.1) is 0 Å². The summed E-state index contributed by atoms with van der Waals surface area (Å²) in [5.41, 5.74) is 2.70. The normalized spacial score (nSPS) is 18.3. The summed E-state index contributed by atoms with van der Waals surface area (Å²) in [5, 5.41) is 8.60. The Hall–Kier alpha value is -2.96. The minimum Gasteiger partial charge on any atom is -0.338 e. The topological polar surface area (TPSA) is 77.0 Å². The third kappa shape index (κ3) is 3.22. The van der Waals surface area contributed by atoms with E-state index in [1.54, 1.807) is 0 Å². The predicted octanol–water partition coefficient (Wildman–Crippen LogP) is 4.02. The molecule has 1 spiro atoms. The zero-order valence-corrected chi connectivity index (χ0v) is 17.9. The molecule has 30 heavy (non-hydrogen) atoms. The maximum Gasteiger partial charge on any atom is 0.253 e. The molecule has 2 aromatic heterocycles. The zero-order valence-electron chi connectivity index (χ0n) is 17.9. The molecule has 0 unspecified atom stereocenters. The van der Waals surface area contributed by atoms with E-state index in [0.29, 0.717) is 23.3 Å². The standard InChI is InChI=1S/C23H27N5O2/c1-15-9-10-28(25-15)18-11-23(12-18)13-27(14-23)20(29)17-7-5-16(6-8-17)19-24-21(30-26-19)22(2,3)4/h5-10,18H,11-14H2,1-4H3. The van der Waals surface area contributed by atoms with Gasteiger partial charge in [-0.2, -0.15) is 10.1 Å². The van der Waals surface area contributed by atoms with Crippen LogP contribution in [0.3, 0.4) is 0 Å². The second-order valence-electron chi connectivity index (χ2n) is 9.91. The van der Waals surface area contributed by atoms with E-state index in [1.165, 1.54) is 0 Å². The molecular formula is C23H27N5O2. The maximum absolute atomic E-state index is 12.9. The van der Waals surface area contributed by atoms with Gasteiger partial charge in [0.15, 0.2) is 0 Å². The first-order valence-corrected chi connectivity index (χ1v) is 10.5. The Morgan fingerprint density at radius 1 is 1.13 bits per heavy atom. The minimum absolute atomic E-state index is 0.0917. The molecule has 0 atom stereocenters. The Bertz CT molecular complexity index is 1080. The highest BCUT2D eigenvalue weighted by atomic mass is 16.5. The van der Waals surface area contributed by atoms with Crippen LogP contribution < -0.4 is 0 Å². The van der Waals surface area contributed by atoms with Crippen molar-refractivity contribution in [1.29, 1.82) is 0 Å². The summed E-state index contributed by atoms with van der Waals surface area (Å²) in [5.74, 6) is 1.25. The quantitative estimate of drug-likeness (QED) is 0.658. The Morgan fingerprint density at radius 3 is 2.40 bits per heavy atom. The van der Waals surface area contributed by atoms with Crippen molar-refractivity contribution in [2.24, 2.45) is 5.41 Å². The third-order valence-corrected chi connectivity index (χ3v) is 6.25. The number of aryl methyl sites for hydroxylation is 1. The van der Waals surface area contributed by atoms with Crippen molar-refractivity contribution >= 4 is 5.91 Å². The zero-order chi connectivity index (χ0) is 21.1. The van der Waals surface area contributed by atoms with Gasteiger partial charge in [0, 0.05) is 41.2 Å². The highest BCUT2D eigenvalue weighted by Crippen LogP contribution is 2.54. The summed E-state index contributed by atoms with van der Waals surface area (Å²) in [7, 11) is 0. The number of hydrogen-bond acceptors (Lipinski definition) is 5. The average molecular weight is 406 g/mol. The van der Waals surface area contributed by atoms with Crippen molar-refractivity contribution in [3.05, 3.63) is 53.7 Å². The number of hydrogen-bond donors (Lipinski definition) is 0. The lowest BCUT2D eigenvalue weighted by atomic mass is 9.60. The molecule has 2 aliphatic rings. The monoisotopic (exact) mass is 405 g/mol. The van der Waals surface area contributed by atoms with Crippen LogP contribution in [-0.4, -0.2) is 43.8 Å². The lowest BCUT2D eigenvalue weighted by Gasteiger charge is -2.58. The van der Waals surface area contributed by atoms with Crippen LogP contribution in [0.1, 0.15) is 61.6 Å². The van der Waals surface area contributed by atoms with Crippen molar-refractivity contribution in [2.45, 2.75) is 52.0 Å². The summed E-state index contributed by atoms with van der Waals surface area (Å²) >= 11 is 0. The fourth-order valence-corrected chi connectivity index (χ4v) is 4.52. The molecule has 2 fully saturated rings. The van der Waals surface area contributed by atoms with E-state index in [0.717, 1.165) is 37.2 Å². The molecule has 1 aliphatic heterocycles. The molecule has 1 aromatic carbocycles. The van der Waals surface area contributed by atoms with Crippen LogP contribution in [-0.2, 0) is 5.41 Å². The second-order valence-corrected chi connectivity index (χ2v) is 9.91. The summed E-state index contributed by atoms with van der Waals surface area (Å²) in [4.78, 5) is 19.3. The van der Waals surface area contributed by atoms with Crippen molar-refractivity contribution in [3.63, 3.8) is 0 Å². The van der Waals surface area contributed by atoms with E-state index in [-0.39, 0.29) is 16.7 Å². The molecule has 0 bridgehead atoms. The van der Waals surface area contributed by atoms with E-state index in [2.05, 4.69) is 26.1 Å². The van der Waals surface area contributed by atoms with Crippen LogP contribution in [0.4, 0.5) is 0 Å². The lowest BCUT2D eigenvalue weighted by molar-refractivity contribution is -0.0738. The average Bonchev–Trinajstić information content (AvgIpc) is 3.28. The van der Waals surface area contributed by atoms with E-state index < -0.39 is 0 Å². The van der Waals surface area contributed by atoms with E-state index >= 15 is 0 Å². The van der Waals surface area contributed by atoms with E-state index in [1.807, 2.05) is 62.9 Å². The first-order valence-electron chi connectivity index (χ1n) is 10.5. The van der Waals surface area contributed by atoms with Gasteiger partial charge in [-0.3, -0.25) is 9.48 Å². The molecule has 7 heteroatoms. The van der Waals surface area contributed by atoms with Crippen LogP contribution >= 0.6 is 0 Å². The Balaban J connectivity index is 1.19. The van der Waals surface area contributed by atoms with Gasteiger partial charge in [-0.05, 0) is 38.0 Å². The van der Waals surface area contributed by atoms with Gasteiger partial charge >= 0.3 is 0 Å². The summed E-state index contributed by atoms with van der Waals surface area (Å²) in [6.07, 6.45) is 4.26. The molecule has 1 saturated carbocycles. The van der Waals surface area contributed by atoms with E-state index in [4.69, 9.17) is 4.52 Å². The molecule has 1 amide bonds. The van der Waals surface area contributed by atoms with Crippen LogP contribution in [0.5, 0.6) is 0 Å². The largest absolute Gasteiger partial charge is 0.338 e. The summed E-state index contributed by atoms with van der Waals surface area (Å²) in [6, 6.07) is 10.0. The Kier molecular flexibility index (Phi) is 4.14. The van der Waals surface area contributed by atoms with Gasteiger partial charge in [0.05, 0.1) is 11.7 Å². The first kappa shape index (κ1) is 19.0. The van der Waals surface area contributed by atoms with Crippen molar-refractivity contribution in [3.8, 4) is 11.4 Å². The Labute approximate surface area is 176 Å². The molecular weight excluding hydrogens is 378 g/mol. The van der Waals surface area contributed by atoms with Gasteiger partial charge in [0.2, 0.25) is 11.7 Å². The van der Waals surface area contributed by atoms with Crippen molar-refractivity contribution in [2.75, 3.05) is 13.1 Å². The third-order valence-electron chi connectivity index (χ3n) is 6.25. The highest BCUT2D eigenvalue weighted by Gasteiger charge is 2.54. The summed E-state index contributed by atoms with van der Waals surface area (Å²) in [6.45, 7) is 9.79. The first-order chi connectivity index (χ1) is 14.2. The van der Waals surface area contributed by atoms with Gasteiger partial charge in [0.1, 0.15) is 0 Å². The van der Waals surface area contributed by atoms with Crippen LogP contribution in [0.2, 0.25) is 0 Å². The minimum atomic E-state index is -0.189. The van der Waals surface area contributed by atoms with E-state index in [9.17, 15) is 4.79 Å². The molecule has 156 valence electrons. The number of likely N-dealkylation sites (tertiary alicyclic amines) is 1. The molecule has 7 nitrogen and oxygen atoms in total. The number of nitrogens with zero attached hydrogens (tertiary/aromatic N) is 5. The summed E-state index contributed by atoms with van der Waals surface area (Å²) < 4.78 is 7.44. The molecule has 0 radical (unpaired) electrons. The fraction of sp³-hybridized carbons (Fsp3) is 0.478. The van der Waals surface area contributed by atoms with Gasteiger partial charge in [0.25, 0.3) is 5.91 Å². The highest BCUT2D eigenvalue weighted by molar-refractivity contribution is 5.95. The lowest BCUT2D eigenvalue weighted by Crippen LogP contribution is -2.63. The number of carbonyl (C=O) groups excluding carboxylic acids is 1. The molecule has 0 N–H and O–H groups in total. The fourth-order valence-electron chi connectivity index (χ4n) is 4.52. The Morgan fingerprint density at radius 2 is 1.83 bits per heavy atom. The number of amides is 1. The number of benzene rings is 1. The SMILES string of the molecule is Cc1ccn(C2CC3(C2)CN(C(=O)c2ccc(-c4noc(C(C)(C)C)n4)cc2)C3)n1. The smallest absolute Gasteiger partial charge is 0.253 e. The number of aromatic nitrogens is 4. The molecule has 5 rings (SSSR count). The molecule has 1 aliphatic carbocycles. The van der Waals surface area contributed by atoms with Crippen molar-refractivity contribution in [1.82, 2.24) is 24.8 Å². The van der Waals surface area contributed by atoms with Crippen molar-refractivity contribution < 1.29 is 9.32 Å². The van der Waals surface area contributed by atoms with Crippen LogP contribution in [0.25, 0.3) is 11.4 Å². The second kappa shape index (κ2) is 6.52. The number of carbonyl (C=O) groups is 1. The van der Waals surface area contributed by atoms with Gasteiger partial charge in [-0.1, -0.05) is 38.1 Å². The predicted molar refractivity (Wildman–Crippen MR) is 112 cm³/mol. The van der Waals surface area contributed by atoms with Crippen LogP contribution in [0, 0.1) is 12.3 Å². The van der Waals surface area contributed by atoms with Crippen LogP contribution in [0.15, 0.2) is 41.1 Å². The maximum atomic E-state index is 12.9. The molecule has 3 aromatic rings. The molecule has 1 saturated heterocycles. The molecule has 3 heterocycles. The number of rotatable bonds is 3. The van der Waals surface area contributed by atoms with Gasteiger partial charge in [-0.25, -0.2) is 0 Å². The van der Waals surface area contributed by atoms with Gasteiger partial charge < -0.3 is 9.42 Å².